The maximum absolute atomic E-state index is 6.04. The quantitative estimate of drug-likeness (QED) is 0.175. The Labute approximate surface area is 232 Å². The molecule has 0 amide bonds. The first-order valence-electron chi connectivity index (χ1n) is 15.8. The molecule has 216 valence electrons. The summed E-state index contributed by atoms with van der Waals surface area (Å²) >= 11 is 0. The fourth-order valence-electron chi connectivity index (χ4n) is 23.3. The van der Waals surface area contributed by atoms with Crippen molar-refractivity contribution < 1.29 is 16.0 Å². The van der Waals surface area contributed by atoms with Gasteiger partial charge in [0, 0.05) is 0 Å². The number of benzene rings is 2. The topological polar surface area (TPSA) is 21.7 Å². The Morgan fingerprint density at radius 3 is 1.65 bits per heavy atom. The SMILES string of the molecule is CCP(CC)[C]12[C]3(C(C)N(C)C)[CH]4[CH]5[C]1(P(Cc1ccccc1OC)Cc1ccccc1OC)[Fe]45321678[CH]2[CH]1[CH]6[CH]7[CH]28. The Bertz CT molecular complexity index is 1900. The van der Waals surface area contributed by atoms with Crippen molar-refractivity contribution in [2.45, 2.75) is 85.3 Å². The summed E-state index contributed by atoms with van der Waals surface area (Å²) in [6.45, 7) is 4.02. The van der Waals surface area contributed by atoms with Gasteiger partial charge in [-0.25, -0.2) is 0 Å². The van der Waals surface area contributed by atoms with Gasteiger partial charge in [-0.05, 0) is 0 Å². The number of para-hydroxylation sites is 2. The van der Waals surface area contributed by atoms with E-state index in [2.05, 4.69) is 88.3 Å². The van der Waals surface area contributed by atoms with Crippen molar-refractivity contribution in [2.75, 3.05) is 40.6 Å². The first kappa shape index (κ1) is 22.9. The van der Waals surface area contributed by atoms with Crippen LogP contribution in [0.4, 0.5) is 0 Å². The molecule has 0 bridgehead atoms. The monoisotopic (exact) mass is 617 g/mol. The van der Waals surface area contributed by atoms with Crippen LogP contribution in [0.15, 0.2) is 48.5 Å². The molecule has 10 heterocycles. The van der Waals surface area contributed by atoms with Crippen LogP contribution in [0.2, 0.25) is 38.0 Å². The minimum absolute atomic E-state index is 0.0948. The van der Waals surface area contributed by atoms with Crippen LogP contribution in [0, 0.1) is 0 Å². The number of hydrogen-bond acceptors (Lipinski definition) is 3. The third kappa shape index (κ3) is 0.548. The molecular formula is C34H45FeNO2P2. The third-order valence-electron chi connectivity index (χ3n) is 21.1. The fourth-order valence-corrected chi connectivity index (χ4v) is 136. The molecule has 2 aromatic carbocycles. The zero-order chi connectivity index (χ0) is 27.4. The zero-order valence-electron chi connectivity index (χ0n) is 25.1. The molecule has 6 unspecified atom stereocenters. The van der Waals surface area contributed by atoms with E-state index < -0.39 is 6.51 Å². The molecule has 3 nitrogen and oxygen atoms in total. The molecule has 2 aromatic rings. The van der Waals surface area contributed by atoms with Gasteiger partial charge in [-0.2, -0.15) is 0 Å². The van der Waals surface area contributed by atoms with E-state index >= 15 is 0 Å². The second-order valence-electron chi connectivity index (χ2n) is 17.1. The van der Waals surface area contributed by atoms with Crippen LogP contribution in [0.25, 0.3) is 0 Å². The molecule has 12 rings (SSSR count). The van der Waals surface area contributed by atoms with Gasteiger partial charge in [0.2, 0.25) is 0 Å². The normalized spacial score (nSPS) is 62.2. The van der Waals surface area contributed by atoms with Crippen molar-refractivity contribution in [3.05, 3.63) is 59.7 Å². The summed E-state index contributed by atoms with van der Waals surface area (Å²) in [5, 5.41) is 0. The number of rotatable bonds is 12. The van der Waals surface area contributed by atoms with E-state index in [-0.39, 0.29) is 15.8 Å². The van der Waals surface area contributed by atoms with E-state index in [0.717, 1.165) is 30.0 Å². The van der Waals surface area contributed by atoms with Crippen molar-refractivity contribution in [3.63, 3.8) is 0 Å². The predicted octanol–water partition coefficient (Wildman–Crippen LogP) is 8.93. The molecule has 0 radical (unpaired) electrons. The van der Waals surface area contributed by atoms with Gasteiger partial charge in [-0.1, -0.05) is 0 Å². The zero-order valence-corrected chi connectivity index (χ0v) is 28.0. The summed E-state index contributed by atoms with van der Waals surface area (Å²) in [6, 6.07) is 18.9. The van der Waals surface area contributed by atoms with Gasteiger partial charge in [-0.15, -0.1) is 0 Å². The van der Waals surface area contributed by atoms with Gasteiger partial charge in [0.1, 0.15) is 0 Å². The minimum atomic E-state index is -3.95. The van der Waals surface area contributed by atoms with Crippen molar-refractivity contribution >= 4 is 15.8 Å². The Hall–Kier alpha value is -0.621. The first-order valence-corrected chi connectivity index (χ1v) is 25.3. The summed E-state index contributed by atoms with van der Waals surface area (Å²) < 4.78 is 14.6. The van der Waals surface area contributed by atoms with E-state index in [1.165, 1.54) is 69.5 Å². The molecule has 10 aliphatic heterocycles. The maximum atomic E-state index is 6.04. The Kier molecular flexibility index (Phi) is 2.08. The molecule has 1 spiro atoms. The molecule has 0 N–H and O–H groups in total. The number of methoxy groups -OCH3 is 2. The van der Waals surface area contributed by atoms with E-state index in [4.69, 9.17) is 9.47 Å². The second-order valence-corrected chi connectivity index (χ2v) is 46.2. The van der Waals surface area contributed by atoms with Crippen LogP contribution < -0.4 is 9.47 Å². The number of ether oxygens (including phenoxy) is 2. The Morgan fingerprint density at radius 2 is 1.25 bits per heavy atom. The average molecular weight is 618 g/mol. The standard InChI is InChI=1S/C29H40NO2P2.C5H5.Fe/c1-8-33(9-2)29-25(22(3)30(4)5)18-19-28(29)34(20-23-14-10-12-16-26(23)31-6)21-24-15-11-13-17-27(24)32-7;1-2-4-5-3-1;/h10-19,22H,8-9,20-21H2,1-7H3;1-5H;. The molecule has 10 fully saturated rings. The molecule has 0 aromatic heterocycles. The van der Waals surface area contributed by atoms with E-state index in [9.17, 15) is 0 Å². The van der Waals surface area contributed by atoms with Crippen LogP contribution in [-0.2, 0) is 18.8 Å². The van der Waals surface area contributed by atoms with Crippen LogP contribution in [0.5, 0.6) is 11.5 Å². The van der Waals surface area contributed by atoms with E-state index in [1.54, 1.807) is 0 Å². The van der Waals surface area contributed by atoms with Crippen LogP contribution in [-0.4, -0.2) is 59.7 Å². The number of nitrogens with zero attached hydrogens (tertiary/aromatic N) is 1. The fraction of sp³-hybridized carbons (Fsp3) is 0.647. The average Bonchev–Trinajstić information content (AvgIpc) is 3.92. The summed E-state index contributed by atoms with van der Waals surface area (Å²) in [5.41, 5.74) is 2.98. The number of fused-ring (bicyclic) bond motifs is 10. The molecule has 6 heteroatoms. The van der Waals surface area contributed by atoms with Crippen LogP contribution in [0.1, 0.15) is 31.9 Å². The molecule has 10 saturated heterocycles. The van der Waals surface area contributed by atoms with Gasteiger partial charge in [0.15, 0.2) is 0 Å². The first-order chi connectivity index (χ1) is 19.2. The van der Waals surface area contributed by atoms with Crippen molar-refractivity contribution in [3.8, 4) is 11.5 Å². The van der Waals surface area contributed by atoms with Crippen LogP contribution >= 0.6 is 15.8 Å². The number of hydrogen-bond donors (Lipinski definition) is 0. The molecule has 10 aliphatic rings. The summed E-state index contributed by atoms with van der Waals surface area (Å²) in [7, 11) is 8.55. The van der Waals surface area contributed by atoms with Gasteiger partial charge < -0.3 is 0 Å². The van der Waals surface area contributed by atoms with Gasteiger partial charge in [0.05, 0.1) is 0 Å². The van der Waals surface area contributed by atoms with Crippen LogP contribution in [0.3, 0.4) is 0 Å². The second kappa shape index (κ2) is 3.64. The van der Waals surface area contributed by atoms with Crippen molar-refractivity contribution in [1.29, 1.82) is 0 Å². The molecule has 6 atom stereocenters. The Morgan fingerprint density at radius 1 is 0.775 bits per heavy atom. The summed E-state index contributed by atoms with van der Waals surface area (Å²) in [5.74, 6) is 2.25. The van der Waals surface area contributed by atoms with Crippen molar-refractivity contribution in [2.24, 2.45) is 0 Å². The molecule has 0 aliphatic carbocycles. The molecule has 0 saturated carbocycles. The Balaban J connectivity index is 1.15. The van der Waals surface area contributed by atoms with Crippen molar-refractivity contribution in [1.82, 2.24) is 4.90 Å². The van der Waals surface area contributed by atoms with E-state index in [1.807, 2.05) is 14.2 Å². The predicted molar refractivity (Wildman–Crippen MR) is 166 cm³/mol. The summed E-state index contributed by atoms with van der Waals surface area (Å²) in [4.78, 5) is 11.7. The molecular weight excluding hydrogens is 572 g/mol. The van der Waals surface area contributed by atoms with E-state index in [0.29, 0.717) is 0 Å². The van der Waals surface area contributed by atoms with Gasteiger partial charge in [-0.3, -0.25) is 0 Å². The third-order valence-corrected chi connectivity index (χ3v) is 79.6. The van der Waals surface area contributed by atoms with Gasteiger partial charge >= 0.3 is 234 Å². The summed E-state index contributed by atoms with van der Waals surface area (Å²) in [6.07, 6.45) is 5.50. The van der Waals surface area contributed by atoms with Gasteiger partial charge in [0.25, 0.3) is 0 Å². The molecule has 40 heavy (non-hydrogen) atoms.